The summed E-state index contributed by atoms with van der Waals surface area (Å²) in [6.45, 7) is 31.5. The SMILES string of the molecule is CCc1cc2c(-c3ccccc3)cccc2[cH-]1.CCc1cc2c(-c3ccccc3)cccc2[cH-]1.CCc1cc2c(CC)cccc2[cH-]1.CCc1cc2c(CC)cccc2[cH-]1.CCc1cc2ccccc2[cH-]1.CCc1cc2ccccc2[cH-]1.C[Si](C)=[Zr+2].C[Si](C)=[Zr+2].C[Si](C)=[Zr+2].Cl.Cl.Cl.Cl.Cl.Cl. The third kappa shape index (κ3) is 31.3. The van der Waals surface area contributed by atoms with Crippen LogP contribution in [0, 0.1) is 0 Å². The van der Waals surface area contributed by atoms with Crippen LogP contribution in [0.4, 0.5) is 0 Å². The molecule has 14 aromatic carbocycles. The average molecular weight is 1730 g/mol. The number of rotatable bonds is 10. The van der Waals surface area contributed by atoms with Crippen LogP contribution in [0.5, 0.6) is 0 Å². The van der Waals surface area contributed by atoms with Gasteiger partial charge in [0.05, 0.1) is 0 Å². The molecule has 12 heteroatoms. The maximum atomic E-state index is 2.33. The Bertz CT molecular complexity index is 4200. The zero-order valence-corrected chi connectivity index (χ0v) is 76.6. The van der Waals surface area contributed by atoms with Crippen LogP contribution in [0.25, 0.3) is 86.9 Å². The first-order valence-electron chi connectivity index (χ1n) is 34.1. The van der Waals surface area contributed by atoms with Crippen molar-refractivity contribution in [3.8, 4) is 22.3 Å². The van der Waals surface area contributed by atoms with E-state index in [9.17, 15) is 0 Å². The van der Waals surface area contributed by atoms with Gasteiger partial charge in [-0.3, -0.25) is 0 Å². The minimum absolute atomic E-state index is 0. The molecular formula is C88H106Cl6Si3Zr3. The third-order valence-electron chi connectivity index (χ3n) is 16.2. The largest absolute Gasteiger partial charge is 0.147 e. The van der Waals surface area contributed by atoms with Crippen LogP contribution >= 0.6 is 74.4 Å². The van der Waals surface area contributed by atoms with Crippen LogP contribution in [0.2, 0.25) is 39.3 Å². The van der Waals surface area contributed by atoms with Crippen molar-refractivity contribution >= 4 is 155 Å². The normalized spacial score (nSPS) is 9.72. The van der Waals surface area contributed by atoms with Gasteiger partial charge in [0.2, 0.25) is 0 Å². The number of hydrogen-bond donors (Lipinski definition) is 0. The van der Waals surface area contributed by atoms with Gasteiger partial charge in [0.15, 0.2) is 0 Å². The summed E-state index contributed by atoms with van der Waals surface area (Å²) in [6, 6.07) is 91.9. The predicted molar refractivity (Wildman–Crippen MR) is 459 cm³/mol. The predicted octanol–water partition coefficient (Wildman–Crippen LogP) is 28.1. The van der Waals surface area contributed by atoms with E-state index in [2.05, 4.69) is 349 Å². The fourth-order valence-electron chi connectivity index (χ4n) is 11.3. The number of hydrogen-bond acceptors (Lipinski definition) is 0. The van der Waals surface area contributed by atoms with Crippen LogP contribution in [-0.4, -0.2) is 16.3 Å². The molecule has 14 rings (SSSR count). The van der Waals surface area contributed by atoms with Crippen molar-refractivity contribution in [2.24, 2.45) is 0 Å². The maximum absolute atomic E-state index is 2.33. The Morgan fingerprint density at radius 3 is 0.730 bits per heavy atom. The molecule has 0 unspecified atom stereocenters. The summed E-state index contributed by atoms with van der Waals surface area (Å²) in [5.74, 6) is 0. The quantitative estimate of drug-likeness (QED) is 0.0946. The molecule has 0 heterocycles. The number of halogens is 6. The van der Waals surface area contributed by atoms with Gasteiger partial charge in [-0.05, 0) is 62.5 Å². The first-order chi connectivity index (χ1) is 45.4. The number of fused-ring (bicyclic) bond motifs is 6. The van der Waals surface area contributed by atoms with Crippen LogP contribution in [0.3, 0.4) is 0 Å². The topological polar surface area (TPSA) is 0 Å². The Kier molecular flexibility index (Phi) is 50.6. The molecule has 0 nitrogen and oxygen atoms in total. The average Bonchev–Trinajstić information content (AvgIpc) is 1.66. The van der Waals surface area contributed by atoms with E-state index >= 15 is 0 Å². The van der Waals surface area contributed by atoms with Crippen LogP contribution in [0.1, 0.15) is 99.9 Å². The molecule has 0 spiro atoms. The monoisotopic (exact) mass is 1730 g/mol. The number of aryl methyl sites for hydroxylation is 8. The van der Waals surface area contributed by atoms with Gasteiger partial charge in [-0.15, -0.1) is 294 Å². The molecule has 0 amide bonds. The first-order valence-corrected chi connectivity index (χ1v) is 52.7. The van der Waals surface area contributed by atoms with E-state index in [-0.39, 0.29) is 90.7 Å². The van der Waals surface area contributed by atoms with Crippen molar-refractivity contribution < 1.29 is 70.0 Å². The maximum Gasteiger partial charge on any atom is -0.147 e. The summed E-state index contributed by atoms with van der Waals surface area (Å²) >= 11 is 5.22. The molecule has 0 aliphatic carbocycles. The van der Waals surface area contributed by atoms with Gasteiger partial charge in [0.1, 0.15) is 0 Å². The Morgan fingerprint density at radius 2 is 0.460 bits per heavy atom. The standard InChI is InChI=1S/2C17H15.2C13H15.2C11H11.3C2H6Si.6ClH.3Zr/c2*1-2-13-11-15-9-6-10-16(17(15)12-13)14-7-4-3-5-8-14;2*1-3-10-8-12-7-5-6-11(4-2)13(12)9-10;2*1-2-9-7-10-5-3-4-6-11(10)8-9;3*1-3-2;;;;;;;;;/h2*3-12H,2H2,1H3;2*5-9H,3-4H2,1-2H3;2*3-8H,2H2,1H3;3*1-2H3;6*1H;;;/q6*-1;;;;;;;;;;3*+2. The molecule has 0 bridgehead atoms. The molecule has 0 saturated carbocycles. The summed E-state index contributed by atoms with van der Waals surface area (Å²) in [7, 11) is 0. The molecule has 14 aromatic rings. The van der Waals surface area contributed by atoms with Crippen molar-refractivity contribution in [1.29, 1.82) is 0 Å². The van der Waals surface area contributed by atoms with Crippen molar-refractivity contribution in [2.45, 2.75) is 146 Å². The van der Waals surface area contributed by atoms with Crippen LogP contribution in [0.15, 0.2) is 255 Å². The van der Waals surface area contributed by atoms with Gasteiger partial charge < -0.3 is 0 Å². The summed E-state index contributed by atoms with van der Waals surface area (Å²) < 4.78 is 0. The van der Waals surface area contributed by atoms with E-state index in [1.807, 2.05) is 0 Å². The number of benzene rings is 8. The van der Waals surface area contributed by atoms with Crippen molar-refractivity contribution in [3.63, 3.8) is 0 Å². The Hall–Kier alpha value is -3.54. The smallest absolute Gasteiger partial charge is 0.147 e. The van der Waals surface area contributed by atoms with Crippen molar-refractivity contribution in [2.75, 3.05) is 0 Å². The fraction of sp³-hybridized carbons (Fsp3) is 0.250. The van der Waals surface area contributed by atoms with Gasteiger partial charge in [-0.25, -0.2) is 0 Å². The van der Waals surface area contributed by atoms with Crippen LogP contribution < -0.4 is 0 Å². The Labute approximate surface area is 684 Å². The van der Waals surface area contributed by atoms with Gasteiger partial charge in [-0.1, -0.05) is 175 Å². The Morgan fingerprint density at radius 1 is 0.240 bits per heavy atom. The van der Waals surface area contributed by atoms with E-state index in [4.69, 9.17) is 0 Å². The van der Waals surface area contributed by atoms with Gasteiger partial charge in [0.25, 0.3) is 0 Å². The molecule has 0 radical (unpaired) electrons. The van der Waals surface area contributed by atoms with E-state index in [0.29, 0.717) is 0 Å². The van der Waals surface area contributed by atoms with E-state index in [0.717, 1.165) is 51.4 Å². The van der Waals surface area contributed by atoms with E-state index in [1.54, 1.807) is 70.0 Å². The first kappa shape index (κ1) is 96.5. The van der Waals surface area contributed by atoms with Crippen molar-refractivity contribution in [1.82, 2.24) is 0 Å². The molecule has 0 aliphatic rings. The van der Waals surface area contributed by atoms with Gasteiger partial charge in [0, 0.05) is 0 Å². The minimum atomic E-state index is 0. The summed E-state index contributed by atoms with van der Waals surface area (Å²) in [5, 5.41) is 16.6. The zero-order valence-electron chi connectivity index (χ0n) is 61.4. The molecule has 0 N–H and O–H groups in total. The summed E-state index contributed by atoms with van der Waals surface area (Å²) in [5.41, 5.74) is 17.5. The molecule has 0 fully saturated rings. The van der Waals surface area contributed by atoms with E-state index in [1.165, 1.54) is 131 Å². The second kappa shape index (κ2) is 52.4. The molecular weight excluding hydrogens is 1630 g/mol. The Balaban J connectivity index is 0.00000113. The van der Waals surface area contributed by atoms with Crippen molar-refractivity contribution in [3.05, 3.63) is 299 Å². The second-order valence-electron chi connectivity index (χ2n) is 24.5. The van der Waals surface area contributed by atoms with Gasteiger partial charge in [-0.2, -0.15) is 36.4 Å². The molecule has 0 saturated heterocycles. The zero-order chi connectivity index (χ0) is 67.9. The van der Waals surface area contributed by atoms with Gasteiger partial charge >= 0.3 is 126 Å². The minimum Gasteiger partial charge on any atom is -0.147 e. The summed E-state index contributed by atoms with van der Waals surface area (Å²) in [4.78, 5) is 0. The molecule has 524 valence electrons. The van der Waals surface area contributed by atoms with E-state index < -0.39 is 0 Å². The molecule has 0 aliphatic heterocycles. The van der Waals surface area contributed by atoms with Crippen LogP contribution in [-0.2, 0) is 121 Å². The third-order valence-corrected chi connectivity index (χ3v) is 16.2. The summed E-state index contributed by atoms with van der Waals surface area (Å²) in [6.07, 6.45) is 9.00. The fourth-order valence-corrected chi connectivity index (χ4v) is 11.3. The molecule has 100 heavy (non-hydrogen) atoms. The molecule has 0 atom stereocenters. The molecule has 0 aromatic heterocycles. The second-order valence-corrected chi connectivity index (χ2v) is 52.6.